The molecule has 0 saturated carbocycles. The van der Waals surface area contributed by atoms with Crippen molar-refractivity contribution in [1.82, 2.24) is 9.55 Å². The summed E-state index contributed by atoms with van der Waals surface area (Å²) < 4.78 is 24.9. The zero-order chi connectivity index (χ0) is 25.3. The van der Waals surface area contributed by atoms with E-state index in [-0.39, 0.29) is 12.5 Å². The molecule has 1 fully saturated rings. The molecule has 5 atom stereocenters. The number of unbranched alkanes of at least 4 members (excludes halogenated alkanes) is 2. The number of anilines is 1. The van der Waals surface area contributed by atoms with Gasteiger partial charge < -0.3 is 30.5 Å². The van der Waals surface area contributed by atoms with E-state index in [1.54, 1.807) is 13.8 Å². The van der Waals surface area contributed by atoms with Crippen molar-refractivity contribution < 1.29 is 38.8 Å². The van der Waals surface area contributed by atoms with Crippen LogP contribution in [0.5, 0.6) is 0 Å². The fourth-order valence-electron chi connectivity index (χ4n) is 2.71. The van der Waals surface area contributed by atoms with Crippen LogP contribution in [-0.4, -0.2) is 67.9 Å². The molecule has 1 aromatic heterocycles. The minimum absolute atomic E-state index is 0.0208. The van der Waals surface area contributed by atoms with Gasteiger partial charge in [0, 0.05) is 0 Å². The number of nitrogens with two attached hydrogens (primary N) is 1. The van der Waals surface area contributed by atoms with Crippen LogP contribution in [0.3, 0.4) is 0 Å². The first-order chi connectivity index (χ1) is 15.4. The number of nitrogens with one attached hydrogen (secondary N) is 1. The van der Waals surface area contributed by atoms with E-state index in [4.69, 9.17) is 20.3 Å². The largest absolute Gasteiger partial charge is 0.480 e. The number of amides is 1. The smallest absolute Gasteiger partial charge is 0.412 e. The molecule has 1 saturated heterocycles. The average molecular weight is 477 g/mol. The quantitative estimate of drug-likeness (QED) is 0.336. The molecular formula is C20H33FN4O8. The highest BCUT2D eigenvalue weighted by Gasteiger charge is 2.42. The summed E-state index contributed by atoms with van der Waals surface area (Å²) in [5.41, 5.74) is 4.21. The molecule has 13 heteroatoms. The molecule has 2 rings (SSSR count). The van der Waals surface area contributed by atoms with Gasteiger partial charge in [-0.15, -0.1) is 0 Å². The maximum atomic E-state index is 14.1. The van der Waals surface area contributed by atoms with Gasteiger partial charge in [0.2, 0.25) is 0 Å². The Bertz CT molecular complexity index is 850. The molecule has 12 nitrogen and oxygen atoms in total. The van der Waals surface area contributed by atoms with E-state index >= 15 is 0 Å². The van der Waals surface area contributed by atoms with Gasteiger partial charge in [-0.3, -0.25) is 14.7 Å². The molecule has 6 N–H and O–H groups in total. The Hall–Kier alpha value is -2.61. The van der Waals surface area contributed by atoms with Crippen molar-refractivity contribution in [2.75, 3.05) is 11.9 Å². The number of hydrogen-bond acceptors (Lipinski definition) is 9. The predicted octanol–water partition coefficient (Wildman–Crippen LogP) is 0.815. The van der Waals surface area contributed by atoms with Crippen LogP contribution in [0.1, 0.15) is 53.2 Å². The van der Waals surface area contributed by atoms with Gasteiger partial charge in [0.25, 0.3) is 0 Å². The normalized spacial score (nSPS) is 22.9. The van der Waals surface area contributed by atoms with Gasteiger partial charge >= 0.3 is 17.8 Å². The molecule has 0 radical (unpaired) electrons. The SMILES string of the molecule is CC(C)[C@H](N)C(=O)O.CCCCCOC(=O)Nc1nc(=O)n([C@@H]2O[C@H](C)[C@@H](O)[C@H]2O)cc1F. The summed E-state index contributed by atoms with van der Waals surface area (Å²) in [6.07, 6.45) is -2.25. The third-order valence-electron chi connectivity index (χ3n) is 4.86. The lowest BCUT2D eigenvalue weighted by Crippen LogP contribution is -2.36. The number of rotatable bonds is 8. The Balaban J connectivity index is 0.000000582. The van der Waals surface area contributed by atoms with Crippen LogP contribution in [0, 0.1) is 11.7 Å². The van der Waals surface area contributed by atoms with E-state index in [9.17, 15) is 29.0 Å². The number of carboxylic acid groups (broad SMARTS) is 1. The zero-order valence-electron chi connectivity index (χ0n) is 19.1. The fraction of sp³-hybridized carbons (Fsp3) is 0.700. The Morgan fingerprint density at radius 1 is 1.33 bits per heavy atom. The Morgan fingerprint density at radius 3 is 2.42 bits per heavy atom. The van der Waals surface area contributed by atoms with Gasteiger partial charge in [0.05, 0.1) is 18.9 Å². The summed E-state index contributed by atoms with van der Waals surface area (Å²) in [4.78, 5) is 37.1. The molecule has 1 aromatic rings. The summed E-state index contributed by atoms with van der Waals surface area (Å²) in [6, 6.07) is -0.713. The molecular weight excluding hydrogens is 443 g/mol. The molecule has 188 valence electrons. The van der Waals surface area contributed by atoms with Crippen LogP contribution in [-0.2, 0) is 14.3 Å². The standard InChI is InChI=1S/C15H22FN3O6.C5H11NO2/c1-3-4-5-6-24-15(23)18-12-9(16)7-19(14(22)17-12)13-11(21)10(20)8(2)25-13;1-3(2)4(6)5(7)8/h7-8,10-11,13,20-21H,3-6H2,1-2H3,(H,17,18,22,23);3-4H,6H2,1-2H3,(H,7,8)/t8-,10-,11-,13-;4-/m10/s1. The monoisotopic (exact) mass is 476 g/mol. The van der Waals surface area contributed by atoms with Crippen LogP contribution in [0.15, 0.2) is 11.0 Å². The van der Waals surface area contributed by atoms with Gasteiger partial charge in [-0.05, 0) is 19.3 Å². The van der Waals surface area contributed by atoms with Crippen molar-refractivity contribution in [3.05, 3.63) is 22.5 Å². The number of carboxylic acids is 1. The number of hydrogen-bond donors (Lipinski definition) is 5. The van der Waals surface area contributed by atoms with E-state index < -0.39 is 60.0 Å². The summed E-state index contributed by atoms with van der Waals surface area (Å²) in [7, 11) is 0. The van der Waals surface area contributed by atoms with E-state index in [1.165, 1.54) is 6.92 Å². The highest BCUT2D eigenvalue weighted by atomic mass is 19.1. The summed E-state index contributed by atoms with van der Waals surface area (Å²) in [5.74, 6) is -2.50. The van der Waals surface area contributed by atoms with Gasteiger partial charge in [-0.2, -0.15) is 4.98 Å². The van der Waals surface area contributed by atoms with Gasteiger partial charge in [-0.1, -0.05) is 33.6 Å². The van der Waals surface area contributed by atoms with Crippen LogP contribution in [0.25, 0.3) is 0 Å². The Kier molecular flexibility index (Phi) is 11.4. The number of aliphatic hydroxyl groups is 2. The average Bonchev–Trinajstić information content (AvgIpc) is 3.00. The molecule has 0 spiro atoms. The number of nitrogens with zero attached hydrogens (tertiary/aromatic N) is 2. The number of ether oxygens (including phenoxy) is 2. The second kappa shape index (κ2) is 13.2. The van der Waals surface area contributed by atoms with Gasteiger partial charge in [-0.25, -0.2) is 14.0 Å². The number of carbonyl (C=O) groups excluding carboxylic acids is 1. The Labute approximate surface area is 190 Å². The first-order valence-corrected chi connectivity index (χ1v) is 10.6. The Morgan fingerprint density at radius 2 is 1.97 bits per heavy atom. The first-order valence-electron chi connectivity index (χ1n) is 10.6. The van der Waals surface area contributed by atoms with Crippen molar-refractivity contribution in [1.29, 1.82) is 0 Å². The molecule has 1 amide bonds. The zero-order valence-corrected chi connectivity index (χ0v) is 19.1. The predicted molar refractivity (Wildman–Crippen MR) is 115 cm³/mol. The molecule has 0 aliphatic carbocycles. The van der Waals surface area contributed by atoms with Crippen LogP contribution >= 0.6 is 0 Å². The van der Waals surface area contributed by atoms with E-state index in [0.29, 0.717) is 6.42 Å². The molecule has 0 aromatic carbocycles. The van der Waals surface area contributed by atoms with Crippen molar-refractivity contribution in [3.63, 3.8) is 0 Å². The molecule has 1 aliphatic heterocycles. The molecule has 2 heterocycles. The van der Waals surface area contributed by atoms with E-state index in [2.05, 4.69) is 10.3 Å². The summed E-state index contributed by atoms with van der Waals surface area (Å²) >= 11 is 0. The lowest BCUT2D eigenvalue weighted by atomic mass is 10.1. The first kappa shape index (κ1) is 28.4. The van der Waals surface area contributed by atoms with Crippen molar-refractivity contribution in [2.24, 2.45) is 11.7 Å². The summed E-state index contributed by atoms with van der Waals surface area (Å²) in [5, 5.41) is 29.8. The lowest BCUT2D eigenvalue weighted by molar-refractivity contribution is -0.139. The number of aliphatic hydroxyl groups excluding tert-OH is 2. The highest BCUT2D eigenvalue weighted by Crippen LogP contribution is 2.28. The minimum atomic E-state index is -1.41. The number of aliphatic carboxylic acids is 1. The lowest BCUT2D eigenvalue weighted by Gasteiger charge is -2.17. The van der Waals surface area contributed by atoms with Crippen LogP contribution in [0.4, 0.5) is 15.0 Å². The fourth-order valence-corrected chi connectivity index (χ4v) is 2.71. The maximum Gasteiger partial charge on any atom is 0.412 e. The second-order valence-electron chi connectivity index (χ2n) is 7.92. The topological polar surface area (TPSA) is 186 Å². The minimum Gasteiger partial charge on any atom is -0.480 e. The van der Waals surface area contributed by atoms with Crippen molar-refractivity contribution in [3.8, 4) is 0 Å². The highest BCUT2D eigenvalue weighted by molar-refractivity contribution is 5.83. The third-order valence-corrected chi connectivity index (χ3v) is 4.86. The van der Waals surface area contributed by atoms with Crippen molar-refractivity contribution >= 4 is 17.9 Å². The third kappa shape index (κ3) is 8.35. The molecule has 0 bridgehead atoms. The summed E-state index contributed by atoms with van der Waals surface area (Å²) in [6.45, 7) is 7.24. The number of aromatic nitrogens is 2. The maximum absolute atomic E-state index is 14.1. The van der Waals surface area contributed by atoms with Crippen LogP contribution < -0.4 is 16.7 Å². The van der Waals surface area contributed by atoms with Crippen molar-refractivity contribution in [2.45, 2.75) is 77.5 Å². The van der Waals surface area contributed by atoms with Gasteiger partial charge in [0.15, 0.2) is 17.9 Å². The van der Waals surface area contributed by atoms with E-state index in [1.807, 2.05) is 6.92 Å². The molecule has 1 aliphatic rings. The second-order valence-corrected chi connectivity index (χ2v) is 7.92. The molecule has 33 heavy (non-hydrogen) atoms. The van der Waals surface area contributed by atoms with E-state index in [0.717, 1.165) is 23.6 Å². The van der Waals surface area contributed by atoms with Gasteiger partial charge in [0.1, 0.15) is 18.2 Å². The number of halogens is 1. The van der Waals surface area contributed by atoms with Crippen LogP contribution in [0.2, 0.25) is 0 Å². The number of carbonyl (C=O) groups is 2. The molecule has 0 unspecified atom stereocenters.